The zero-order chi connectivity index (χ0) is 14.8. The first-order valence-electron chi connectivity index (χ1n) is 7.48. The second-order valence-corrected chi connectivity index (χ2v) is 6.61. The largest absolute Gasteiger partial charge is 0.343 e. The Kier molecular flexibility index (Phi) is 4.22. The third kappa shape index (κ3) is 3.09. The van der Waals surface area contributed by atoms with Crippen LogP contribution in [0, 0.1) is 6.92 Å². The Morgan fingerprint density at radius 1 is 1.38 bits per heavy atom. The van der Waals surface area contributed by atoms with E-state index in [0.717, 1.165) is 30.5 Å². The van der Waals surface area contributed by atoms with Crippen LogP contribution in [0.4, 0.5) is 5.13 Å². The van der Waals surface area contributed by atoms with E-state index in [9.17, 15) is 0 Å². The Bertz CT molecular complexity index is 583. The Morgan fingerprint density at radius 2 is 2.24 bits per heavy atom. The van der Waals surface area contributed by atoms with Crippen molar-refractivity contribution in [3.05, 3.63) is 41.2 Å². The van der Waals surface area contributed by atoms with E-state index in [-0.39, 0.29) is 0 Å². The van der Waals surface area contributed by atoms with Crippen LogP contribution in [-0.4, -0.2) is 40.5 Å². The van der Waals surface area contributed by atoms with Gasteiger partial charge in [0.2, 0.25) is 0 Å². The molecule has 1 aliphatic rings. The Labute approximate surface area is 130 Å². The normalized spacial score (nSPS) is 21.5. The fourth-order valence-electron chi connectivity index (χ4n) is 2.93. The molecule has 0 aromatic carbocycles. The monoisotopic (exact) mass is 302 g/mol. The fourth-order valence-corrected chi connectivity index (χ4v) is 3.86. The molecule has 2 aromatic heterocycles. The maximum absolute atomic E-state index is 4.63. The molecule has 0 radical (unpaired) electrons. The van der Waals surface area contributed by atoms with Gasteiger partial charge < -0.3 is 4.90 Å². The number of thiazole rings is 1. The number of hydrogen-bond acceptors (Lipinski definition) is 5. The third-order valence-corrected chi connectivity index (χ3v) is 5.22. The summed E-state index contributed by atoms with van der Waals surface area (Å²) in [6, 6.07) is 5.09. The molecular weight excluding hydrogens is 280 g/mol. The molecule has 0 saturated carbocycles. The molecule has 5 heteroatoms. The van der Waals surface area contributed by atoms with Gasteiger partial charge in [-0.3, -0.25) is 9.88 Å². The van der Waals surface area contributed by atoms with E-state index in [0.29, 0.717) is 12.1 Å². The summed E-state index contributed by atoms with van der Waals surface area (Å²) in [4.78, 5) is 13.8. The standard InChI is InChI=1S/C16H22N4S/c1-12-11-21-16(18-12)20-8-7-19(10-13(20)2)14(3)15-5-4-6-17-9-15/h4-6,9,11,13-14H,7-8,10H2,1-3H3/t13-,14-/m1/s1. The Hall–Kier alpha value is -1.46. The van der Waals surface area contributed by atoms with Crippen LogP contribution in [0.1, 0.15) is 31.1 Å². The lowest BCUT2D eigenvalue weighted by Crippen LogP contribution is -2.52. The van der Waals surface area contributed by atoms with Gasteiger partial charge in [0, 0.05) is 49.5 Å². The van der Waals surface area contributed by atoms with Gasteiger partial charge in [0.1, 0.15) is 0 Å². The maximum Gasteiger partial charge on any atom is 0.185 e. The summed E-state index contributed by atoms with van der Waals surface area (Å²) in [6.07, 6.45) is 3.81. The highest BCUT2D eigenvalue weighted by atomic mass is 32.1. The van der Waals surface area contributed by atoms with Crippen molar-refractivity contribution in [2.45, 2.75) is 32.9 Å². The van der Waals surface area contributed by atoms with Crippen molar-refractivity contribution in [1.29, 1.82) is 0 Å². The average molecular weight is 302 g/mol. The molecule has 0 aliphatic carbocycles. The van der Waals surface area contributed by atoms with E-state index in [4.69, 9.17) is 0 Å². The average Bonchev–Trinajstić information content (AvgIpc) is 2.93. The van der Waals surface area contributed by atoms with Crippen molar-refractivity contribution in [3.8, 4) is 0 Å². The number of pyridine rings is 1. The topological polar surface area (TPSA) is 32.3 Å². The van der Waals surface area contributed by atoms with Crippen molar-refractivity contribution >= 4 is 16.5 Å². The molecular formula is C16H22N4S. The first-order chi connectivity index (χ1) is 10.1. The first-order valence-corrected chi connectivity index (χ1v) is 8.36. The van der Waals surface area contributed by atoms with Gasteiger partial charge in [-0.2, -0.15) is 0 Å². The second kappa shape index (κ2) is 6.12. The fraction of sp³-hybridized carbons (Fsp3) is 0.500. The predicted molar refractivity (Wildman–Crippen MR) is 87.9 cm³/mol. The van der Waals surface area contributed by atoms with Gasteiger partial charge in [0.25, 0.3) is 0 Å². The molecule has 3 rings (SSSR count). The summed E-state index contributed by atoms with van der Waals surface area (Å²) >= 11 is 1.75. The number of hydrogen-bond donors (Lipinski definition) is 0. The highest BCUT2D eigenvalue weighted by molar-refractivity contribution is 7.13. The molecule has 0 N–H and O–H groups in total. The third-order valence-electron chi connectivity index (χ3n) is 4.23. The van der Waals surface area contributed by atoms with Crippen LogP contribution in [0.3, 0.4) is 0 Å². The summed E-state index contributed by atoms with van der Waals surface area (Å²) in [7, 11) is 0. The lowest BCUT2D eigenvalue weighted by atomic mass is 10.1. The van der Waals surface area contributed by atoms with E-state index in [1.54, 1.807) is 11.3 Å². The number of aromatic nitrogens is 2. The minimum absolute atomic E-state index is 0.418. The highest BCUT2D eigenvalue weighted by Gasteiger charge is 2.28. The van der Waals surface area contributed by atoms with Crippen molar-refractivity contribution in [2.24, 2.45) is 0 Å². The molecule has 2 aromatic rings. The molecule has 0 bridgehead atoms. The van der Waals surface area contributed by atoms with Crippen molar-refractivity contribution in [2.75, 3.05) is 24.5 Å². The second-order valence-electron chi connectivity index (χ2n) is 5.77. The molecule has 1 aliphatic heterocycles. The minimum Gasteiger partial charge on any atom is -0.343 e. The van der Waals surface area contributed by atoms with Crippen LogP contribution in [0.15, 0.2) is 29.9 Å². The van der Waals surface area contributed by atoms with E-state index < -0.39 is 0 Å². The minimum atomic E-state index is 0.418. The molecule has 112 valence electrons. The van der Waals surface area contributed by atoms with Crippen molar-refractivity contribution < 1.29 is 0 Å². The van der Waals surface area contributed by atoms with E-state index in [1.165, 1.54) is 5.56 Å². The van der Waals surface area contributed by atoms with Crippen molar-refractivity contribution in [1.82, 2.24) is 14.9 Å². The lowest BCUT2D eigenvalue weighted by Gasteiger charge is -2.42. The van der Waals surface area contributed by atoms with Crippen LogP contribution in [-0.2, 0) is 0 Å². The van der Waals surface area contributed by atoms with Gasteiger partial charge in [-0.1, -0.05) is 6.07 Å². The molecule has 1 fully saturated rings. The molecule has 2 atom stereocenters. The number of anilines is 1. The van der Waals surface area contributed by atoms with Gasteiger partial charge in [-0.15, -0.1) is 11.3 Å². The number of rotatable bonds is 3. The summed E-state index contributed by atoms with van der Waals surface area (Å²) < 4.78 is 0. The SMILES string of the molecule is Cc1csc(N2CCN([C@H](C)c3cccnc3)C[C@H]2C)n1. The predicted octanol–water partition coefficient (Wildman–Crippen LogP) is 3.12. The van der Waals surface area contributed by atoms with Crippen LogP contribution >= 0.6 is 11.3 Å². The Balaban J connectivity index is 1.68. The number of aryl methyl sites for hydroxylation is 1. The summed E-state index contributed by atoms with van der Waals surface area (Å²) in [6.45, 7) is 9.80. The first kappa shape index (κ1) is 14.5. The lowest BCUT2D eigenvalue weighted by molar-refractivity contribution is 0.175. The number of nitrogens with zero attached hydrogens (tertiary/aromatic N) is 4. The van der Waals surface area contributed by atoms with Gasteiger partial charge in [0.05, 0.1) is 5.69 Å². The van der Waals surface area contributed by atoms with Crippen LogP contribution in [0.25, 0.3) is 0 Å². The summed E-state index contributed by atoms with van der Waals surface area (Å²) in [5.41, 5.74) is 2.41. The molecule has 1 saturated heterocycles. The van der Waals surface area contributed by atoms with Gasteiger partial charge in [-0.05, 0) is 32.4 Å². The summed E-state index contributed by atoms with van der Waals surface area (Å²) in [5.74, 6) is 0. The van der Waals surface area contributed by atoms with Crippen molar-refractivity contribution in [3.63, 3.8) is 0 Å². The highest BCUT2D eigenvalue weighted by Crippen LogP contribution is 2.28. The zero-order valence-corrected chi connectivity index (χ0v) is 13.7. The van der Waals surface area contributed by atoms with Gasteiger partial charge >= 0.3 is 0 Å². The molecule has 0 unspecified atom stereocenters. The van der Waals surface area contributed by atoms with E-state index in [2.05, 4.69) is 52.0 Å². The maximum atomic E-state index is 4.63. The zero-order valence-electron chi connectivity index (χ0n) is 12.9. The quantitative estimate of drug-likeness (QED) is 0.872. The van der Waals surface area contributed by atoms with Gasteiger partial charge in [0.15, 0.2) is 5.13 Å². The molecule has 0 spiro atoms. The van der Waals surface area contributed by atoms with Crippen LogP contribution < -0.4 is 4.90 Å². The van der Waals surface area contributed by atoms with E-state index >= 15 is 0 Å². The van der Waals surface area contributed by atoms with Crippen LogP contribution in [0.5, 0.6) is 0 Å². The van der Waals surface area contributed by atoms with Gasteiger partial charge in [-0.25, -0.2) is 4.98 Å². The molecule has 4 nitrogen and oxygen atoms in total. The molecule has 0 amide bonds. The summed E-state index contributed by atoms with van der Waals surface area (Å²) in [5, 5.41) is 3.29. The molecule has 3 heterocycles. The smallest absolute Gasteiger partial charge is 0.185 e. The Morgan fingerprint density at radius 3 is 2.86 bits per heavy atom. The number of piperazine rings is 1. The molecule has 21 heavy (non-hydrogen) atoms. The van der Waals surface area contributed by atoms with E-state index in [1.807, 2.05) is 18.5 Å². The van der Waals surface area contributed by atoms with Crippen LogP contribution in [0.2, 0.25) is 0 Å².